The standard InChI is InChI=1S/C23H24N2O/c1-18-13-15-19(16-14-18)17-25(2)22(20-9-5-3-6-10-20)23(26)24-21-11-7-4-8-12-21/h3-16,22H,17H2,1-2H3,(H,24,26). The summed E-state index contributed by atoms with van der Waals surface area (Å²) >= 11 is 0. The summed E-state index contributed by atoms with van der Waals surface area (Å²) in [5.41, 5.74) is 4.21. The number of rotatable bonds is 6. The minimum Gasteiger partial charge on any atom is -0.324 e. The molecule has 0 fully saturated rings. The molecular formula is C23H24N2O. The van der Waals surface area contributed by atoms with Crippen LogP contribution in [0.1, 0.15) is 22.7 Å². The van der Waals surface area contributed by atoms with E-state index in [0.29, 0.717) is 6.54 Å². The normalized spacial score (nSPS) is 12.0. The number of hydrogen-bond donors (Lipinski definition) is 1. The molecule has 3 aromatic carbocycles. The lowest BCUT2D eigenvalue weighted by Gasteiger charge is -2.27. The molecule has 0 radical (unpaired) electrons. The second kappa shape index (κ2) is 8.45. The van der Waals surface area contributed by atoms with E-state index < -0.39 is 0 Å². The predicted octanol–water partition coefficient (Wildman–Crippen LogP) is 4.81. The van der Waals surface area contributed by atoms with Crippen LogP contribution in [0.25, 0.3) is 0 Å². The van der Waals surface area contributed by atoms with E-state index >= 15 is 0 Å². The molecule has 0 aromatic heterocycles. The van der Waals surface area contributed by atoms with Crippen LogP contribution in [0.15, 0.2) is 84.9 Å². The third-order valence-electron chi connectivity index (χ3n) is 4.40. The number of likely N-dealkylation sites (N-methyl/N-ethyl adjacent to an activating group) is 1. The Morgan fingerprint density at radius 2 is 1.46 bits per heavy atom. The van der Waals surface area contributed by atoms with Gasteiger partial charge in [0.05, 0.1) is 0 Å². The Labute approximate surface area is 155 Å². The van der Waals surface area contributed by atoms with Crippen molar-refractivity contribution >= 4 is 11.6 Å². The zero-order chi connectivity index (χ0) is 18.4. The van der Waals surface area contributed by atoms with Crippen molar-refractivity contribution in [1.29, 1.82) is 0 Å². The molecule has 0 aliphatic carbocycles. The number of amides is 1. The van der Waals surface area contributed by atoms with Gasteiger partial charge in [-0.05, 0) is 37.2 Å². The number of nitrogens with one attached hydrogen (secondary N) is 1. The predicted molar refractivity (Wildman–Crippen MR) is 107 cm³/mol. The molecule has 1 unspecified atom stereocenters. The molecule has 0 saturated heterocycles. The van der Waals surface area contributed by atoms with Gasteiger partial charge in [-0.25, -0.2) is 0 Å². The largest absolute Gasteiger partial charge is 0.324 e. The van der Waals surface area contributed by atoms with Crippen molar-refractivity contribution in [2.75, 3.05) is 12.4 Å². The minimum absolute atomic E-state index is 0.0305. The molecule has 3 nitrogen and oxygen atoms in total. The van der Waals surface area contributed by atoms with Gasteiger partial charge in [0, 0.05) is 12.2 Å². The van der Waals surface area contributed by atoms with Crippen molar-refractivity contribution in [1.82, 2.24) is 4.90 Å². The van der Waals surface area contributed by atoms with Gasteiger partial charge in [0.15, 0.2) is 0 Å². The second-order valence-corrected chi connectivity index (χ2v) is 6.57. The Morgan fingerprint density at radius 3 is 2.08 bits per heavy atom. The smallest absolute Gasteiger partial charge is 0.246 e. The molecule has 0 aliphatic rings. The quantitative estimate of drug-likeness (QED) is 0.696. The van der Waals surface area contributed by atoms with Gasteiger partial charge in [-0.2, -0.15) is 0 Å². The molecule has 0 bridgehead atoms. The summed E-state index contributed by atoms with van der Waals surface area (Å²) < 4.78 is 0. The van der Waals surface area contributed by atoms with Gasteiger partial charge in [0.25, 0.3) is 0 Å². The van der Waals surface area contributed by atoms with E-state index in [1.54, 1.807) is 0 Å². The van der Waals surface area contributed by atoms with Crippen LogP contribution in [-0.4, -0.2) is 17.9 Å². The molecule has 0 heterocycles. The van der Waals surface area contributed by atoms with Gasteiger partial charge in [-0.1, -0.05) is 78.4 Å². The number of carbonyl (C=O) groups excluding carboxylic acids is 1. The topological polar surface area (TPSA) is 32.3 Å². The number of aryl methyl sites for hydroxylation is 1. The van der Waals surface area contributed by atoms with Gasteiger partial charge in [0.2, 0.25) is 5.91 Å². The summed E-state index contributed by atoms with van der Waals surface area (Å²) in [5, 5.41) is 3.04. The summed E-state index contributed by atoms with van der Waals surface area (Å²) in [7, 11) is 1.99. The maximum absolute atomic E-state index is 13.0. The number of anilines is 1. The van der Waals surface area contributed by atoms with Crippen LogP contribution in [0.3, 0.4) is 0 Å². The SMILES string of the molecule is Cc1ccc(CN(C)C(C(=O)Nc2ccccc2)c2ccccc2)cc1. The summed E-state index contributed by atoms with van der Waals surface area (Å²) in [4.78, 5) is 15.1. The lowest BCUT2D eigenvalue weighted by atomic mass is 10.0. The Bertz CT molecular complexity index is 829. The molecule has 0 saturated carbocycles. The highest BCUT2D eigenvalue weighted by molar-refractivity contribution is 5.95. The molecule has 1 atom stereocenters. The first-order valence-electron chi connectivity index (χ1n) is 8.80. The molecule has 132 valence electrons. The van der Waals surface area contributed by atoms with E-state index in [-0.39, 0.29) is 11.9 Å². The van der Waals surface area contributed by atoms with Crippen LogP contribution in [0.5, 0.6) is 0 Å². The monoisotopic (exact) mass is 344 g/mol. The number of para-hydroxylation sites is 1. The van der Waals surface area contributed by atoms with Crippen LogP contribution >= 0.6 is 0 Å². The lowest BCUT2D eigenvalue weighted by molar-refractivity contribution is -0.121. The maximum atomic E-state index is 13.0. The van der Waals surface area contributed by atoms with Crippen molar-refractivity contribution in [3.8, 4) is 0 Å². The number of benzene rings is 3. The van der Waals surface area contributed by atoms with Gasteiger partial charge < -0.3 is 5.32 Å². The molecule has 0 spiro atoms. The highest BCUT2D eigenvalue weighted by Gasteiger charge is 2.25. The highest BCUT2D eigenvalue weighted by atomic mass is 16.2. The van der Waals surface area contributed by atoms with E-state index in [2.05, 4.69) is 41.4 Å². The van der Waals surface area contributed by atoms with Crippen LogP contribution in [0, 0.1) is 6.92 Å². The third-order valence-corrected chi connectivity index (χ3v) is 4.40. The second-order valence-electron chi connectivity index (χ2n) is 6.57. The first-order valence-corrected chi connectivity index (χ1v) is 8.80. The maximum Gasteiger partial charge on any atom is 0.246 e. The fraction of sp³-hybridized carbons (Fsp3) is 0.174. The van der Waals surface area contributed by atoms with Crippen molar-refractivity contribution in [3.05, 3.63) is 102 Å². The van der Waals surface area contributed by atoms with Gasteiger partial charge in [0.1, 0.15) is 6.04 Å². The van der Waals surface area contributed by atoms with Crippen LogP contribution in [0.4, 0.5) is 5.69 Å². The third kappa shape index (κ3) is 4.58. The van der Waals surface area contributed by atoms with E-state index in [0.717, 1.165) is 11.3 Å². The van der Waals surface area contributed by atoms with E-state index in [4.69, 9.17) is 0 Å². The Hall–Kier alpha value is -2.91. The van der Waals surface area contributed by atoms with Crippen LogP contribution in [-0.2, 0) is 11.3 Å². The summed E-state index contributed by atoms with van der Waals surface area (Å²) in [6.45, 7) is 2.77. The van der Waals surface area contributed by atoms with Crippen molar-refractivity contribution in [2.24, 2.45) is 0 Å². The Balaban J connectivity index is 1.83. The average molecular weight is 344 g/mol. The van der Waals surface area contributed by atoms with Gasteiger partial charge >= 0.3 is 0 Å². The summed E-state index contributed by atoms with van der Waals surface area (Å²) in [6.07, 6.45) is 0. The molecule has 1 N–H and O–H groups in total. The fourth-order valence-corrected chi connectivity index (χ4v) is 3.05. The molecule has 1 amide bonds. The van der Waals surface area contributed by atoms with Crippen molar-refractivity contribution in [3.63, 3.8) is 0 Å². The Morgan fingerprint density at radius 1 is 0.885 bits per heavy atom. The van der Waals surface area contributed by atoms with Crippen molar-refractivity contribution in [2.45, 2.75) is 19.5 Å². The minimum atomic E-state index is -0.363. The average Bonchev–Trinajstić information content (AvgIpc) is 2.65. The summed E-state index contributed by atoms with van der Waals surface area (Å²) in [5.74, 6) is -0.0305. The zero-order valence-corrected chi connectivity index (χ0v) is 15.2. The fourth-order valence-electron chi connectivity index (χ4n) is 3.05. The van der Waals surface area contributed by atoms with E-state index in [1.165, 1.54) is 11.1 Å². The van der Waals surface area contributed by atoms with Crippen LogP contribution < -0.4 is 5.32 Å². The zero-order valence-electron chi connectivity index (χ0n) is 15.2. The summed E-state index contributed by atoms with van der Waals surface area (Å²) in [6, 6.07) is 27.6. The molecule has 0 aliphatic heterocycles. The first kappa shape index (κ1) is 17.9. The van der Waals surface area contributed by atoms with E-state index in [9.17, 15) is 4.79 Å². The van der Waals surface area contributed by atoms with Gasteiger partial charge in [-0.3, -0.25) is 9.69 Å². The molecular weight excluding hydrogens is 320 g/mol. The molecule has 3 heteroatoms. The molecule has 26 heavy (non-hydrogen) atoms. The van der Waals surface area contributed by atoms with Crippen LogP contribution in [0.2, 0.25) is 0 Å². The number of hydrogen-bond acceptors (Lipinski definition) is 2. The number of nitrogens with zero attached hydrogens (tertiary/aromatic N) is 1. The van der Waals surface area contributed by atoms with Gasteiger partial charge in [-0.15, -0.1) is 0 Å². The number of carbonyl (C=O) groups is 1. The van der Waals surface area contributed by atoms with E-state index in [1.807, 2.05) is 67.7 Å². The lowest BCUT2D eigenvalue weighted by Crippen LogP contribution is -2.34. The first-order chi connectivity index (χ1) is 12.6. The highest BCUT2D eigenvalue weighted by Crippen LogP contribution is 2.23. The molecule has 3 rings (SSSR count). The van der Waals surface area contributed by atoms with Crippen molar-refractivity contribution < 1.29 is 4.79 Å². The Kier molecular flexibility index (Phi) is 5.82. The molecule has 3 aromatic rings.